The van der Waals surface area contributed by atoms with Gasteiger partial charge in [0, 0.05) is 5.70 Å². The van der Waals surface area contributed by atoms with Gasteiger partial charge in [-0.3, -0.25) is 4.72 Å². The molecular formula is C12H13NO2S. The van der Waals surface area contributed by atoms with E-state index in [4.69, 9.17) is 0 Å². The minimum absolute atomic E-state index is 0.287. The van der Waals surface area contributed by atoms with Crippen molar-refractivity contribution in [1.82, 2.24) is 4.72 Å². The fourth-order valence-electron chi connectivity index (χ4n) is 1.50. The summed E-state index contributed by atoms with van der Waals surface area (Å²) in [6, 6.07) is 8.36. The van der Waals surface area contributed by atoms with Crippen molar-refractivity contribution in [3.05, 3.63) is 54.3 Å². The molecule has 84 valence electrons. The Labute approximate surface area is 95.5 Å². The summed E-state index contributed by atoms with van der Waals surface area (Å²) in [5.74, 6) is 0. The molecule has 1 aliphatic carbocycles. The van der Waals surface area contributed by atoms with E-state index in [2.05, 4.69) is 4.72 Å². The maximum absolute atomic E-state index is 11.9. The molecule has 0 saturated heterocycles. The van der Waals surface area contributed by atoms with Crippen LogP contribution >= 0.6 is 0 Å². The highest BCUT2D eigenvalue weighted by molar-refractivity contribution is 7.89. The molecule has 2 rings (SSSR count). The van der Waals surface area contributed by atoms with E-state index in [1.807, 2.05) is 12.2 Å². The second-order valence-electron chi connectivity index (χ2n) is 3.56. The smallest absolute Gasteiger partial charge is 0.261 e. The summed E-state index contributed by atoms with van der Waals surface area (Å²) < 4.78 is 26.4. The zero-order chi connectivity index (χ0) is 11.4. The fourth-order valence-corrected chi connectivity index (χ4v) is 2.60. The standard InChI is InChI=1S/C12H13NO2S/c14-16(15,12-9-5-2-6-10-12)13-11-7-3-1-4-8-11/h2-3,5-10,13H,1,4H2. The van der Waals surface area contributed by atoms with Crippen molar-refractivity contribution in [2.75, 3.05) is 0 Å². The number of hydrogen-bond acceptors (Lipinski definition) is 2. The van der Waals surface area contributed by atoms with Crippen LogP contribution in [0.15, 0.2) is 59.2 Å². The third kappa shape index (κ3) is 2.52. The Hall–Kier alpha value is -1.55. The lowest BCUT2D eigenvalue weighted by molar-refractivity contribution is 0.589. The summed E-state index contributed by atoms with van der Waals surface area (Å²) in [4.78, 5) is 0.287. The first-order valence-corrected chi connectivity index (χ1v) is 6.61. The van der Waals surface area contributed by atoms with Crippen LogP contribution in [-0.2, 0) is 10.0 Å². The van der Waals surface area contributed by atoms with Gasteiger partial charge in [0.25, 0.3) is 10.0 Å². The van der Waals surface area contributed by atoms with Crippen molar-refractivity contribution < 1.29 is 8.42 Å². The fraction of sp³-hybridized carbons (Fsp3) is 0.167. The lowest BCUT2D eigenvalue weighted by Gasteiger charge is -2.10. The molecule has 1 aromatic carbocycles. The van der Waals surface area contributed by atoms with Gasteiger partial charge in [0.2, 0.25) is 0 Å². The summed E-state index contributed by atoms with van der Waals surface area (Å²) in [6.45, 7) is 0. The first-order valence-electron chi connectivity index (χ1n) is 5.13. The number of benzene rings is 1. The van der Waals surface area contributed by atoms with Crippen molar-refractivity contribution >= 4 is 10.0 Å². The maximum atomic E-state index is 11.9. The quantitative estimate of drug-likeness (QED) is 0.873. The zero-order valence-corrected chi connectivity index (χ0v) is 9.57. The molecule has 1 N–H and O–H groups in total. The lowest BCUT2D eigenvalue weighted by atomic mass is 10.2. The van der Waals surface area contributed by atoms with Crippen molar-refractivity contribution in [2.45, 2.75) is 17.7 Å². The van der Waals surface area contributed by atoms with E-state index in [0.717, 1.165) is 12.8 Å². The number of hydrogen-bond donors (Lipinski definition) is 1. The lowest BCUT2D eigenvalue weighted by Crippen LogP contribution is -2.22. The van der Waals surface area contributed by atoms with Crippen LogP contribution in [0, 0.1) is 0 Å². The van der Waals surface area contributed by atoms with Crippen LogP contribution in [0.25, 0.3) is 0 Å². The second-order valence-corrected chi connectivity index (χ2v) is 5.24. The predicted octanol–water partition coefficient (Wildman–Crippen LogP) is 2.20. The minimum Gasteiger partial charge on any atom is -0.280 e. The first-order chi connectivity index (χ1) is 7.68. The van der Waals surface area contributed by atoms with Crippen molar-refractivity contribution in [1.29, 1.82) is 0 Å². The monoisotopic (exact) mass is 235 g/mol. The Morgan fingerprint density at radius 3 is 2.44 bits per heavy atom. The maximum Gasteiger partial charge on any atom is 0.261 e. The molecule has 16 heavy (non-hydrogen) atoms. The molecule has 0 atom stereocenters. The molecule has 0 fully saturated rings. The Morgan fingerprint density at radius 1 is 1.06 bits per heavy atom. The summed E-state index contributed by atoms with van der Waals surface area (Å²) in [7, 11) is -3.43. The largest absolute Gasteiger partial charge is 0.280 e. The van der Waals surface area contributed by atoms with Crippen molar-refractivity contribution in [3.63, 3.8) is 0 Å². The molecule has 1 aliphatic rings. The Kier molecular flexibility index (Phi) is 3.10. The van der Waals surface area contributed by atoms with Gasteiger partial charge in [-0.15, -0.1) is 0 Å². The van der Waals surface area contributed by atoms with Crippen molar-refractivity contribution in [3.8, 4) is 0 Å². The Morgan fingerprint density at radius 2 is 1.81 bits per heavy atom. The molecule has 0 aromatic heterocycles. The average Bonchev–Trinajstić information content (AvgIpc) is 2.31. The summed E-state index contributed by atoms with van der Waals surface area (Å²) in [5.41, 5.74) is 0.648. The molecular weight excluding hydrogens is 222 g/mol. The molecule has 0 aliphatic heterocycles. The van der Waals surface area contributed by atoms with Gasteiger partial charge in [-0.1, -0.05) is 30.4 Å². The molecule has 0 unspecified atom stereocenters. The number of nitrogens with one attached hydrogen (secondary N) is 1. The highest BCUT2D eigenvalue weighted by atomic mass is 32.2. The molecule has 1 aromatic rings. The van der Waals surface area contributed by atoms with Gasteiger partial charge in [-0.05, 0) is 31.1 Å². The van der Waals surface area contributed by atoms with Gasteiger partial charge in [0.15, 0.2) is 0 Å². The topological polar surface area (TPSA) is 46.2 Å². The Bertz CT molecular complexity index is 515. The Balaban J connectivity index is 2.21. The molecule has 3 nitrogen and oxygen atoms in total. The van der Waals surface area contributed by atoms with Gasteiger partial charge < -0.3 is 0 Å². The van der Waals surface area contributed by atoms with E-state index in [1.54, 1.807) is 36.4 Å². The van der Waals surface area contributed by atoms with Crippen LogP contribution in [0.2, 0.25) is 0 Å². The number of sulfonamides is 1. The van der Waals surface area contributed by atoms with E-state index < -0.39 is 10.0 Å². The van der Waals surface area contributed by atoms with Gasteiger partial charge in [0.05, 0.1) is 4.90 Å². The minimum atomic E-state index is -3.43. The highest BCUT2D eigenvalue weighted by Crippen LogP contribution is 2.12. The van der Waals surface area contributed by atoms with Crippen molar-refractivity contribution in [2.24, 2.45) is 0 Å². The van der Waals surface area contributed by atoms with E-state index >= 15 is 0 Å². The van der Waals surface area contributed by atoms with Crippen LogP contribution in [-0.4, -0.2) is 8.42 Å². The van der Waals surface area contributed by atoms with E-state index in [0.29, 0.717) is 5.70 Å². The van der Waals surface area contributed by atoms with Gasteiger partial charge in [0.1, 0.15) is 0 Å². The molecule has 0 spiro atoms. The molecule has 0 bridgehead atoms. The number of rotatable bonds is 3. The third-order valence-electron chi connectivity index (χ3n) is 2.30. The van der Waals surface area contributed by atoms with Gasteiger partial charge in [-0.25, -0.2) is 8.42 Å². The molecule has 4 heteroatoms. The van der Waals surface area contributed by atoms with E-state index in [1.165, 1.54) is 0 Å². The van der Waals surface area contributed by atoms with Gasteiger partial charge in [-0.2, -0.15) is 0 Å². The van der Waals surface area contributed by atoms with Crippen LogP contribution < -0.4 is 4.72 Å². The summed E-state index contributed by atoms with van der Waals surface area (Å²) in [6.07, 6.45) is 7.49. The van der Waals surface area contributed by atoms with Crippen LogP contribution in [0.3, 0.4) is 0 Å². The summed E-state index contributed by atoms with van der Waals surface area (Å²) >= 11 is 0. The van der Waals surface area contributed by atoms with E-state index in [9.17, 15) is 8.42 Å². The third-order valence-corrected chi connectivity index (χ3v) is 3.70. The average molecular weight is 235 g/mol. The first kappa shape index (κ1) is 11.0. The molecule has 0 heterocycles. The van der Waals surface area contributed by atoms with Crippen LogP contribution in [0.1, 0.15) is 12.8 Å². The molecule has 0 radical (unpaired) electrons. The van der Waals surface area contributed by atoms with Crippen LogP contribution in [0.5, 0.6) is 0 Å². The second kappa shape index (κ2) is 4.53. The summed E-state index contributed by atoms with van der Waals surface area (Å²) in [5, 5.41) is 0. The van der Waals surface area contributed by atoms with E-state index in [-0.39, 0.29) is 4.90 Å². The predicted molar refractivity (Wildman–Crippen MR) is 63.2 cm³/mol. The zero-order valence-electron chi connectivity index (χ0n) is 8.76. The normalized spacial score (nSPS) is 15.6. The molecule has 0 saturated carbocycles. The molecule has 0 amide bonds. The van der Waals surface area contributed by atoms with Crippen LogP contribution in [0.4, 0.5) is 0 Å². The van der Waals surface area contributed by atoms with Gasteiger partial charge >= 0.3 is 0 Å². The highest BCUT2D eigenvalue weighted by Gasteiger charge is 2.13. The SMILES string of the molecule is O=S(=O)(NC1=CCCC=C1)c1ccccc1. The number of allylic oxidation sites excluding steroid dienone is 3.